The van der Waals surface area contributed by atoms with Crippen LogP contribution in [0.25, 0.3) is 11.4 Å². The van der Waals surface area contributed by atoms with Crippen molar-refractivity contribution in [1.82, 2.24) is 19.9 Å². The fourth-order valence-electron chi connectivity index (χ4n) is 4.68. The average Bonchev–Trinajstić information content (AvgIpc) is 2.81. The zero-order valence-corrected chi connectivity index (χ0v) is 17.2. The van der Waals surface area contributed by atoms with Gasteiger partial charge in [-0.05, 0) is 49.8 Å². The number of rotatable bonds is 4. The van der Waals surface area contributed by atoms with Crippen molar-refractivity contribution < 1.29 is 13.9 Å². The molecular formula is C24H23FN4O2. The molecular weight excluding hydrogens is 395 g/mol. The monoisotopic (exact) mass is 418 g/mol. The molecule has 7 heteroatoms. The van der Waals surface area contributed by atoms with Crippen molar-refractivity contribution in [2.45, 2.75) is 38.3 Å². The van der Waals surface area contributed by atoms with E-state index in [-0.39, 0.29) is 23.6 Å². The van der Waals surface area contributed by atoms with E-state index in [9.17, 15) is 9.18 Å². The molecule has 0 radical (unpaired) electrons. The van der Waals surface area contributed by atoms with Gasteiger partial charge in [-0.25, -0.2) is 19.3 Å². The number of ether oxygens (including phenoxy) is 1. The molecule has 3 atom stereocenters. The SMILES string of the molecule is Cc1ccc(O[C@@H]2C[C@H]3CC[C@@H]2N(C(=O)c2c(F)cccc2-c2ncccn2)C3)nc1. The Balaban J connectivity index is 1.45. The van der Waals surface area contributed by atoms with Crippen molar-refractivity contribution >= 4 is 5.91 Å². The van der Waals surface area contributed by atoms with E-state index in [2.05, 4.69) is 15.0 Å². The highest BCUT2D eigenvalue weighted by Crippen LogP contribution is 2.38. The number of aryl methyl sites for hydroxylation is 1. The van der Waals surface area contributed by atoms with Crippen LogP contribution in [0.15, 0.2) is 55.0 Å². The summed E-state index contributed by atoms with van der Waals surface area (Å²) in [6, 6.07) is 9.96. The first-order valence-electron chi connectivity index (χ1n) is 10.6. The second kappa shape index (κ2) is 8.06. The molecule has 6 rings (SSSR count). The van der Waals surface area contributed by atoms with E-state index in [1.165, 1.54) is 6.07 Å². The summed E-state index contributed by atoms with van der Waals surface area (Å²) in [5, 5.41) is 0. The summed E-state index contributed by atoms with van der Waals surface area (Å²) in [5.74, 6) is 0.325. The van der Waals surface area contributed by atoms with E-state index in [1.54, 1.807) is 41.7 Å². The maximum absolute atomic E-state index is 14.9. The van der Waals surface area contributed by atoms with Gasteiger partial charge in [0.1, 0.15) is 11.9 Å². The van der Waals surface area contributed by atoms with Crippen molar-refractivity contribution in [3.05, 3.63) is 71.9 Å². The largest absolute Gasteiger partial charge is 0.472 e. The first-order valence-corrected chi connectivity index (χ1v) is 10.6. The Bertz CT molecular complexity index is 1090. The Kier molecular flexibility index (Phi) is 5.10. The maximum Gasteiger partial charge on any atom is 0.257 e. The Labute approximate surface area is 180 Å². The van der Waals surface area contributed by atoms with Gasteiger partial charge in [0.2, 0.25) is 5.88 Å². The molecule has 3 aliphatic rings. The molecule has 31 heavy (non-hydrogen) atoms. The van der Waals surface area contributed by atoms with Gasteiger partial charge in [-0.1, -0.05) is 18.2 Å². The summed E-state index contributed by atoms with van der Waals surface area (Å²) in [7, 11) is 0. The van der Waals surface area contributed by atoms with Gasteiger partial charge < -0.3 is 9.64 Å². The highest BCUT2D eigenvalue weighted by molar-refractivity contribution is 6.00. The molecule has 1 aromatic carbocycles. The lowest BCUT2D eigenvalue weighted by molar-refractivity contribution is -0.0315. The summed E-state index contributed by atoms with van der Waals surface area (Å²) in [4.78, 5) is 28.2. The molecule has 2 saturated heterocycles. The molecule has 0 spiro atoms. The van der Waals surface area contributed by atoms with Crippen LogP contribution in [0.3, 0.4) is 0 Å². The van der Waals surface area contributed by atoms with E-state index in [4.69, 9.17) is 4.74 Å². The van der Waals surface area contributed by atoms with Crippen molar-refractivity contribution in [2.24, 2.45) is 5.92 Å². The van der Waals surface area contributed by atoms with Gasteiger partial charge in [-0.3, -0.25) is 4.79 Å². The minimum Gasteiger partial charge on any atom is -0.472 e. The molecule has 4 heterocycles. The van der Waals surface area contributed by atoms with Crippen LogP contribution in [0.5, 0.6) is 5.88 Å². The summed E-state index contributed by atoms with van der Waals surface area (Å²) < 4.78 is 21.1. The number of halogens is 1. The smallest absolute Gasteiger partial charge is 0.257 e. The fraction of sp³-hybridized carbons (Fsp3) is 0.333. The Morgan fingerprint density at radius 3 is 2.68 bits per heavy atom. The quantitative estimate of drug-likeness (QED) is 0.639. The number of nitrogens with zero attached hydrogens (tertiary/aromatic N) is 4. The summed E-state index contributed by atoms with van der Waals surface area (Å²) in [6.45, 7) is 2.58. The molecule has 0 N–H and O–H groups in total. The third-order valence-corrected chi connectivity index (χ3v) is 6.17. The van der Waals surface area contributed by atoms with E-state index in [1.807, 2.05) is 19.1 Å². The highest BCUT2D eigenvalue weighted by Gasteiger charge is 2.45. The molecule has 6 nitrogen and oxygen atoms in total. The number of piperidine rings is 2. The van der Waals surface area contributed by atoms with Gasteiger partial charge in [-0.2, -0.15) is 0 Å². The standard InChI is InChI=1S/C24H23FN4O2/c1-15-6-9-21(28-13-15)31-20-12-16-7-8-19(20)29(14-16)24(30)22-17(4-2-5-18(22)25)23-26-10-3-11-27-23/h2-6,9-11,13,16,19-20H,7-8,12,14H2,1H3/t16-,19+,20-/m1/s1. The van der Waals surface area contributed by atoms with Gasteiger partial charge in [0.25, 0.3) is 5.91 Å². The number of carbonyl (C=O) groups is 1. The van der Waals surface area contributed by atoms with E-state index in [0.717, 1.165) is 24.8 Å². The number of hydrogen-bond acceptors (Lipinski definition) is 5. The van der Waals surface area contributed by atoms with Gasteiger partial charge in [0.05, 0.1) is 11.6 Å². The summed E-state index contributed by atoms with van der Waals surface area (Å²) >= 11 is 0. The molecule has 2 bridgehead atoms. The van der Waals surface area contributed by atoms with Crippen molar-refractivity contribution in [1.29, 1.82) is 0 Å². The van der Waals surface area contributed by atoms with Gasteiger partial charge >= 0.3 is 0 Å². The second-order valence-electron chi connectivity index (χ2n) is 8.27. The molecule has 2 aliphatic heterocycles. The van der Waals surface area contributed by atoms with Crippen molar-refractivity contribution in [3.63, 3.8) is 0 Å². The summed E-state index contributed by atoms with van der Waals surface area (Å²) in [5.41, 5.74) is 1.49. The minimum atomic E-state index is -0.561. The Morgan fingerprint density at radius 1 is 1.10 bits per heavy atom. The molecule has 1 saturated carbocycles. The first kappa shape index (κ1) is 19.6. The van der Waals surface area contributed by atoms with Gasteiger partial charge in [-0.15, -0.1) is 0 Å². The molecule has 3 aromatic rings. The summed E-state index contributed by atoms with van der Waals surface area (Å²) in [6.07, 6.45) is 7.53. The van der Waals surface area contributed by atoms with Gasteiger partial charge in [0, 0.05) is 36.8 Å². The molecule has 158 valence electrons. The van der Waals surface area contributed by atoms with Crippen LogP contribution < -0.4 is 4.74 Å². The Morgan fingerprint density at radius 2 is 1.94 bits per heavy atom. The third kappa shape index (κ3) is 3.76. The fourth-order valence-corrected chi connectivity index (χ4v) is 4.68. The van der Waals surface area contributed by atoms with Crippen molar-refractivity contribution in [3.8, 4) is 17.3 Å². The topological polar surface area (TPSA) is 68.2 Å². The molecule has 2 aromatic heterocycles. The van der Waals surface area contributed by atoms with Gasteiger partial charge in [0.15, 0.2) is 5.82 Å². The lowest BCUT2D eigenvalue weighted by Crippen LogP contribution is -2.59. The molecule has 1 aliphatic carbocycles. The van der Waals surface area contributed by atoms with Crippen molar-refractivity contribution in [2.75, 3.05) is 6.54 Å². The molecule has 3 fully saturated rings. The number of aromatic nitrogens is 3. The predicted molar refractivity (Wildman–Crippen MR) is 113 cm³/mol. The predicted octanol–water partition coefficient (Wildman–Crippen LogP) is 4.06. The molecule has 0 unspecified atom stereocenters. The molecule has 1 amide bonds. The minimum absolute atomic E-state index is 0.0217. The Hall–Kier alpha value is -3.35. The zero-order valence-electron chi connectivity index (χ0n) is 17.2. The number of pyridine rings is 1. The number of benzene rings is 1. The third-order valence-electron chi connectivity index (χ3n) is 6.17. The zero-order chi connectivity index (χ0) is 21.4. The van der Waals surface area contributed by atoms with Crippen LogP contribution in [0.2, 0.25) is 0 Å². The lowest BCUT2D eigenvalue weighted by atomic mass is 9.77. The van der Waals surface area contributed by atoms with Crippen LogP contribution in [-0.4, -0.2) is 44.4 Å². The number of fused-ring (bicyclic) bond motifs is 3. The number of hydrogen-bond donors (Lipinski definition) is 0. The van der Waals surface area contributed by atoms with Crippen LogP contribution in [0, 0.1) is 18.7 Å². The van der Waals surface area contributed by atoms with E-state index >= 15 is 0 Å². The van der Waals surface area contributed by atoms with Crippen LogP contribution >= 0.6 is 0 Å². The van der Waals surface area contributed by atoms with Crippen LogP contribution in [0.4, 0.5) is 4.39 Å². The first-order chi connectivity index (χ1) is 15.1. The highest BCUT2D eigenvalue weighted by atomic mass is 19.1. The number of carbonyl (C=O) groups excluding carboxylic acids is 1. The van der Waals surface area contributed by atoms with Crippen LogP contribution in [-0.2, 0) is 0 Å². The number of amides is 1. The average molecular weight is 418 g/mol. The van der Waals surface area contributed by atoms with E-state index in [0.29, 0.717) is 29.7 Å². The second-order valence-corrected chi connectivity index (χ2v) is 8.27. The van der Waals surface area contributed by atoms with E-state index < -0.39 is 5.82 Å². The lowest BCUT2D eigenvalue weighted by Gasteiger charge is -2.49. The van der Waals surface area contributed by atoms with Crippen LogP contribution in [0.1, 0.15) is 35.2 Å². The maximum atomic E-state index is 14.9. The normalized spacial score (nSPS) is 22.4.